The number of halogens is 3. The number of carbonyl (C=O) groups excluding carboxylic acids is 7. The number of hydrogen-bond acceptors (Lipinski definition) is 20. The molecule has 25 nitrogen and oxygen atoms in total. The van der Waals surface area contributed by atoms with E-state index in [1.54, 1.807) is 53.7 Å². The van der Waals surface area contributed by atoms with Crippen molar-refractivity contribution in [3.05, 3.63) is 132 Å². The van der Waals surface area contributed by atoms with Crippen LogP contribution in [0.5, 0.6) is 0 Å². The van der Waals surface area contributed by atoms with E-state index in [1.165, 1.54) is 58.2 Å². The minimum atomic E-state index is -0.931. The largest absolute Gasteiger partial charge is 0.481 e. The molecule has 0 spiro atoms. The van der Waals surface area contributed by atoms with Crippen molar-refractivity contribution in [3.63, 3.8) is 0 Å². The molecule has 0 unspecified atom stereocenters. The fourth-order valence-corrected chi connectivity index (χ4v) is 18.4. The Kier molecular flexibility index (Phi) is 71.2. The number of hydrogen-bond donors (Lipinski definition) is 7. The lowest BCUT2D eigenvalue weighted by Crippen LogP contribution is -2.49. The number of nitrogens with zero attached hydrogens (tertiary/aromatic N) is 7. The van der Waals surface area contributed by atoms with Gasteiger partial charge in [0.25, 0.3) is 0 Å². The Bertz CT molecular complexity index is 4230. The number of Topliss-reactive ketones (excluding diaryl/α,β-unsaturated/α-hetero) is 3. The quantitative estimate of drug-likeness (QED) is 0.00829. The maximum atomic E-state index is 13.5. The average Bonchev–Trinajstić information content (AvgIpc) is 1.83. The molecule has 0 radical (unpaired) electrons. The van der Waals surface area contributed by atoms with Gasteiger partial charge in [-0.2, -0.15) is 0 Å². The molecular weight excluding hydrogens is 1840 g/mol. The number of benzene rings is 4. The number of ether oxygens (including phenoxy) is 3. The van der Waals surface area contributed by atoms with Gasteiger partial charge >= 0.3 is 18.0 Å². The molecule has 0 bridgehead atoms. The Morgan fingerprint density at radius 1 is 0.525 bits per heavy atom. The summed E-state index contributed by atoms with van der Waals surface area (Å²) in [5.74, 6) is 5.02. The van der Waals surface area contributed by atoms with Crippen LogP contribution in [0.15, 0.2) is 125 Å². The Labute approximate surface area is 870 Å². The molecule has 15 atom stereocenters. The van der Waals surface area contributed by atoms with Crippen LogP contribution in [0, 0.1) is 94.7 Å². The summed E-state index contributed by atoms with van der Waals surface area (Å²) in [6.07, 6.45) is 18.3. The fraction of sp³-hybridized carbons (Fsp3) is 0.708. The molecule has 28 heteroatoms. The van der Waals surface area contributed by atoms with Crippen LogP contribution in [0.2, 0.25) is 0 Å². The van der Waals surface area contributed by atoms with Gasteiger partial charge in [-0.1, -0.05) is 252 Å². The van der Waals surface area contributed by atoms with Crippen molar-refractivity contribution in [2.45, 2.75) is 356 Å². The average molecular weight is 2030 g/mol. The fourth-order valence-electron chi connectivity index (χ4n) is 18.4. The SMILES string of the molecule is C1CCOC1.CC(C)C[C@@H](CC(=O)OC(C)(C)C)C(=O)O.CC(C)C[C@@H](N)C(=O)N[C@H](CCC(=O)[C@@H]1C[C@H](C)CC[C@H]1C(C)C)c1ccccc1.CC(C)C[C@@H](NC(=O)OC(C)(C)C)C(=O)N[C@H](CCC(=O)[C@@H]1C[C@H](C)CC[C@H]1C(C)C)c1ccccc1.CC(C)[C@@H]1CC[C@@H](C)C[C@H]1C(=O)CC[C@@H](N)c1ccccc1.CCN(CC)CC.CCN=C=NCCCN(C)C.Cl.Cl.Cl.On1nnc2ccccc21. The van der Waals surface area contributed by atoms with Gasteiger partial charge in [-0.15, -0.1) is 42.3 Å². The molecule has 3 saturated carbocycles. The van der Waals surface area contributed by atoms with Crippen molar-refractivity contribution in [2.24, 2.45) is 116 Å². The van der Waals surface area contributed by atoms with E-state index in [1.807, 2.05) is 126 Å². The number of amides is 3. The Hall–Kier alpha value is -7.71. The van der Waals surface area contributed by atoms with Gasteiger partial charge in [0, 0.05) is 62.8 Å². The number of fused-ring (bicyclic) bond motifs is 1. The summed E-state index contributed by atoms with van der Waals surface area (Å²) < 4.78 is 15.4. The van der Waals surface area contributed by atoms with Gasteiger partial charge in [0.2, 0.25) is 11.8 Å². The third-order valence-electron chi connectivity index (χ3n) is 26.0. The van der Waals surface area contributed by atoms with E-state index in [0.717, 1.165) is 99.3 Å². The van der Waals surface area contributed by atoms with Crippen molar-refractivity contribution in [1.29, 1.82) is 0 Å². The number of aromatic nitrogens is 3. The molecule has 4 aromatic carbocycles. The normalized spacial score (nSPS) is 19.4. The number of carbonyl (C=O) groups is 8. The van der Waals surface area contributed by atoms with Crippen LogP contribution in [0.25, 0.3) is 11.0 Å². The number of aliphatic carboxylic acids is 1. The van der Waals surface area contributed by atoms with Crippen molar-refractivity contribution in [3.8, 4) is 0 Å². The summed E-state index contributed by atoms with van der Waals surface area (Å²) in [4.78, 5) is 113. The molecule has 804 valence electrons. The highest BCUT2D eigenvalue weighted by molar-refractivity contribution is 5.87. The molecule has 141 heavy (non-hydrogen) atoms. The molecule has 4 fully saturated rings. The number of esters is 1. The maximum absolute atomic E-state index is 13.5. The molecule has 9 rings (SSSR count). The smallest absolute Gasteiger partial charge is 0.408 e. The van der Waals surface area contributed by atoms with E-state index in [4.69, 9.17) is 36.0 Å². The highest BCUT2D eigenvalue weighted by Gasteiger charge is 2.39. The molecule has 3 aliphatic carbocycles. The number of carboxylic acid groups (broad SMARTS) is 1. The van der Waals surface area contributed by atoms with Crippen LogP contribution in [0.1, 0.15) is 349 Å². The van der Waals surface area contributed by atoms with Crippen molar-refractivity contribution in [1.82, 2.24) is 40.9 Å². The second-order valence-corrected chi connectivity index (χ2v) is 43.3. The van der Waals surface area contributed by atoms with Gasteiger partial charge in [-0.05, 0) is 290 Å². The van der Waals surface area contributed by atoms with Crippen LogP contribution >= 0.6 is 37.2 Å². The Balaban J connectivity index is 0. The van der Waals surface area contributed by atoms with Crippen LogP contribution < -0.4 is 27.4 Å². The molecule has 1 aromatic heterocycles. The Morgan fingerprint density at radius 3 is 1.28 bits per heavy atom. The molecule has 1 saturated heterocycles. The summed E-state index contributed by atoms with van der Waals surface area (Å²) in [6.45, 7) is 59.8. The second-order valence-electron chi connectivity index (χ2n) is 43.3. The molecule has 9 N–H and O–H groups in total. The number of rotatable bonds is 40. The monoisotopic (exact) mass is 2030 g/mol. The molecular formula is C113H193Cl3N12O13. The lowest BCUT2D eigenvalue weighted by atomic mass is 9.68. The van der Waals surface area contributed by atoms with Crippen LogP contribution in [-0.2, 0) is 47.8 Å². The Morgan fingerprint density at radius 2 is 0.922 bits per heavy atom. The van der Waals surface area contributed by atoms with Crippen LogP contribution in [-0.4, -0.2) is 178 Å². The number of carboxylic acids is 1. The standard InChI is InChI=1S/C31H50N2O4.C26H42N2O2.C20H31NO.C12H22O4.C8H17N3.C6H5N3O.C6H15N.C4H8O.3ClH/c1-20(2)18-27(33-30(36)37-31(6,7)8)29(35)32-26(23-12-10-9-11-13-23)16-17-28(34)25-19-22(5)14-15-24(25)21(3)4;1-17(2)15-23(27)26(30)28-24(20-9-7-6-8-10-20)13-14-25(29)22-16-19(5)11-12-21(22)18(3)4;1-14(2)17-10-9-15(3)13-18(17)20(22)12-11-19(21)16-7-5-4-6-8-16;1-8(2)6-9(11(14)15)7-10(13)16-12(3,4)5;1-4-9-8-10-6-5-7-11(2)3;10-9-6-4-2-1-3-5(6)7-8-9;1-4-7(5-2)6-3;1-2-4-5-3-1;;;/h9-13,20-22,24-27H,14-19H2,1-8H3,(H,32,35)(H,33,36);6-10,17-19,21-24H,11-16,27H2,1-5H3,(H,28,30);4-8,14-15,17-19H,9-13,21H2,1-3H3;8-9H,6-7H2,1-5H3,(H,14,15);4-7H2,1-3H3;1-4,10H;4-6H2,1-3H3;1-4H2;3*1H/t22-,24+,25-,26-,27-;19-,21+,22-,23-,24-;15-,17+,18-,19-;9-;;;;;;;/m1110......./s1. The first-order valence-electron chi connectivity index (χ1n) is 52.4. The number of para-hydroxylation sites is 1. The highest BCUT2D eigenvalue weighted by Crippen LogP contribution is 2.43. The zero-order valence-electron chi connectivity index (χ0n) is 91.7. The van der Waals surface area contributed by atoms with E-state index in [9.17, 15) is 38.4 Å². The zero-order chi connectivity index (χ0) is 104. The van der Waals surface area contributed by atoms with Crippen LogP contribution in [0.3, 0.4) is 0 Å². The summed E-state index contributed by atoms with van der Waals surface area (Å²) in [5.41, 5.74) is 15.6. The summed E-state index contributed by atoms with van der Waals surface area (Å²) >= 11 is 0. The van der Waals surface area contributed by atoms with Crippen molar-refractivity contribution < 1.29 is 62.9 Å². The number of aliphatic imine (C=N–C) groups is 2. The number of ketones is 3. The van der Waals surface area contributed by atoms with E-state index >= 15 is 0 Å². The van der Waals surface area contributed by atoms with Crippen LogP contribution in [0.4, 0.5) is 4.79 Å². The summed E-state index contributed by atoms with van der Waals surface area (Å²) in [6, 6.07) is 37.9. The van der Waals surface area contributed by atoms with Gasteiger partial charge in [0.05, 0.1) is 43.0 Å². The topological polar surface area (TPSA) is 355 Å². The van der Waals surface area contributed by atoms with Gasteiger partial charge < -0.3 is 61.7 Å². The first-order valence-corrected chi connectivity index (χ1v) is 52.4. The van der Waals surface area contributed by atoms with Gasteiger partial charge in [0.15, 0.2) is 0 Å². The molecule has 1 aliphatic heterocycles. The van der Waals surface area contributed by atoms with Gasteiger partial charge in [0.1, 0.15) is 45.6 Å². The van der Waals surface area contributed by atoms with Gasteiger partial charge in [-0.25, -0.2) is 14.8 Å². The number of alkyl carbamates (subject to hydrolysis) is 1. The van der Waals surface area contributed by atoms with E-state index in [0.29, 0.717) is 139 Å². The van der Waals surface area contributed by atoms with E-state index < -0.39 is 47.2 Å². The lowest BCUT2D eigenvalue weighted by Gasteiger charge is -2.36. The molecule has 3 amide bonds. The lowest BCUT2D eigenvalue weighted by molar-refractivity contribution is -0.160. The number of nitrogens with two attached hydrogens (primary N) is 2. The van der Waals surface area contributed by atoms with E-state index in [-0.39, 0.29) is 103 Å². The third-order valence-corrected chi connectivity index (χ3v) is 26.0. The molecule has 2 heterocycles. The van der Waals surface area contributed by atoms with Crippen molar-refractivity contribution >= 4 is 101 Å². The second kappa shape index (κ2) is 74.2. The molecule has 4 aliphatic rings. The maximum Gasteiger partial charge on any atom is 0.408 e. The molecule has 5 aromatic rings. The minimum Gasteiger partial charge on any atom is -0.481 e. The zero-order valence-corrected chi connectivity index (χ0v) is 94.2. The van der Waals surface area contributed by atoms with Gasteiger partial charge in [-0.3, -0.25) is 33.6 Å². The number of nitrogens with one attached hydrogen (secondary N) is 3. The highest BCUT2D eigenvalue weighted by atomic mass is 35.5. The first kappa shape index (κ1) is 135. The first-order chi connectivity index (χ1) is 65.0. The van der Waals surface area contributed by atoms with Crippen molar-refractivity contribution in [2.75, 3.05) is 66.6 Å². The predicted octanol–water partition coefficient (Wildman–Crippen LogP) is 24.5. The summed E-state index contributed by atoms with van der Waals surface area (Å²) in [5, 5.41) is 34.0. The predicted molar refractivity (Wildman–Crippen MR) is 585 cm³/mol. The summed E-state index contributed by atoms with van der Waals surface area (Å²) in [7, 11) is 4.12. The minimum absolute atomic E-state index is 0. The van der Waals surface area contributed by atoms with E-state index in [2.05, 4.69) is 175 Å². The third kappa shape index (κ3) is 58.9.